The van der Waals surface area contributed by atoms with Crippen molar-refractivity contribution in [1.29, 1.82) is 0 Å². The van der Waals surface area contributed by atoms with Gasteiger partial charge >= 0.3 is 5.69 Å². The zero-order valence-corrected chi connectivity index (χ0v) is 13.4. The van der Waals surface area contributed by atoms with Crippen LogP contribution >= 0.6 is 15.9 Å². The van der Waals surface area contributed by atoms with Gasteiger partial charge in [-0.25, -0.2) is 14.2 Å². The normalized spacial score (nSPS) is 11.3. The maximum Gasteiger partial charge on any atom is 0.329 e. The molecule has 0 aliphatic heterocycles. The van der Waals surface area contributed by atoms with E-state index in [2.05, 4.69) is 25.9 Å². The SMILES string of the molecule is Cc1ccc(Cn2c(Br)nc3c2c(=O)[nH]c(=O)n3C)c(F)c1. The Bertz CT molecular complexity index is 1000. The first-order valence-electron chi connectivity index (χ1n) is 6.48. The van der Waals surface area contributed by atoms with Crippen LogP contribution in [0.2, 0.25) is 0 Å². The molecule has 0 spiro atoms. The first-order chi connectivity index (χ1) is 10.4. The fraction of sp³-hybridized carbons (Fsp3) is 0.214. The highest BCUT2D eigenvalue weighted by atomic mass is 79.9. The smallest absolute Gasteiger partial charge is 0.308 e. The van der Waals surface area contributed by atoms with Crippen LogP contribution in [0.3, 0.4) is 0 Å². The first-order valence-corrected chi connectivity index (χ1v) is 7.28. The van der Waals surface area contributed by atoms with Gasteiger partial charge in [-0.05, 0) is 34.5 Å². The maximum absolute atomic E-state index is 14.0. The van der Waals surface area contributed by atoms with E-state index < -0.39 is 11.2 Å². The maximum atomic E-state index is 14.0. The molecule has 2 heterocycles. The molecule has 0 fully saturated rings. The standard InChI is InChI=1S/C14H12BrFN4O2/c1-7-3-4-8(9(16)5-7)6-20-10-11(17-13(20)15)19(2)14(22)18-12(10)21/h3-5H,6H2,1-2H3,(H,18,21,22). The van der Waals surface area contributed by atoms with E-state index in [4.69, 9.17) is 0 Å². The highest BCUT2D eigenvalue weighted by Crippen LogP contribution is 2.19. The Morgan fingerprint density at radius 3 is 2.77 bits per heavy atom. The predicted molar refractivity (Wildman–Crippen MR) is 83.5 cm³/mol. The summed E-state index contributed by atoms with van der Waals surface area (Å²) in [7, 11) is 1.51. The van der Waals surface area contributed by atoms with E-state index in [0.29, 0.717) is 10.3 Å². The molecule has 1 aromatic carbocycles. The minimum atomic E-state index is -0.552. The number of aromatic nitrogens is 4. The van der Waals surface area contributed by atoms with Gasteiger partial charge in [-0.3, -0.25) is 14.3 Å². The number of imidazole rings is 1. The number of benzene rings is 1. The molecular weight excluding hydrogens is 355 g/mol. The number of hydrogen-bond acceptors (Lipinski definition) is 3. The van der Waals surface area contributed by atoms with Crippen molar-refractivity contribution >= 4 is 27.1 Å². The van der Waals surface area contributed by atoms with Gasteiger partial charge in [-0.2, -0.15) is 0 Å². The fourth-order valence-electron chi connectivity index (χ4n) is 2.30. The Morgan fingerprint density at radius 2 is 2.09 bits per heavy atom. The zero-order valence-electron chi connectivity index (χ0n) is 11.9. The van der Waals surface area contributed by atoms with Crippen molar-refractivity contribution in [3.8, 4) is 0 Å². The molecule has 0 saturated heterocycles. The second kappa shape index (κ2) is 5.20. The van der Waals surface area contributed by atoms with Crippen molar-refractivity contribution in [1.82, 2.24) is 19.1 Å². The van der Waals surface area contributed by atoms with E-state index in [9.17, 15) is 14.0 Å². The molecule has 0 amide bonds. The molecule has 0 atom stereocenters. The predicted octanol–water partition coefficient (Wildman–Crippen LogP) is 1.68. The number of nitrogens with zero attached hydrogens (tertiary/aromatic N) is 3. The van der Waals surface area contributed by atoms with Gasteiger partial charge in [0.25, 0.3) is 5.56 Å². The van der Waals surface area contributed by atoms with Crippen LogP contribution in [0, 0.1) is 12.7 Å². The molecule has 114 valence electrons. The van der Waals surface area contributed by atoms with E-state index in [1.165, 1.54) is 22.2 Å². The molecule has 1 N–H and O–H groups in total. The lowest BCUT2D eigenvalue weighted by atomic mass is 10.1. The number of aromatic amines is 1. The summed E-state index contributed by atoms with van der Waals surface area (Å²) in [6.45, 7) is 1.93. The van der Waals surface area contributed by atoms with Gasteiger partial charge in [0, 0.05) is 12.6 Å². The molecule has 3 aromatic rings. The number of rotatable bonds is 2. The van der Waals surface area contributed by atoms with Gasteiger partial charge in [-0.1, -0.05) is 12.1 Å². The molecule has 0 bridgehead atoms. The minimum Gasteiger partial charge on any atom is -0.308 e. The molecular formula is C14H12BrFN4O2. The molecule has 0 aliphatic carbocycles. The first kappa shape index (κ1) is 14.7. The highest BCUT2D eigenvalue weighted by molar-refractivity contribution is 9.10. The highest BCUT2D eigenvalue weighted by Gasteiger charge is 2.17. The summed E-state index contributed by atoms with van der Waals surface area (Å²) in [5, 5.41) is 0. The summed E-state index contributed by atoms with van der Waals surface area (Å²) in [4.78, 5) is 30.1. The Kier molecular flexibility index (Phi) is 3.48. The van der Waals surface area contributed by atoms with Crippen molar-refractivity contribution in [3.63, 3.8) is 0 Å². The van der Waals surface area contributed by atoms with Crippen molar-refractivity contribution in [2.45, 2.75) is 13.5 Å². The van der Waals surface area contributed by atoms with Crippen LogP contribution in [0.15, 0.2) is 32.5 Å². The number of H-pyrrole nitrogens is 1. The van der Waals surface area contributed by atoms with Crippen molar-refractivity contribution < 1.29 is 4.39 Å². The Hall–Kier alpha value is -2.22. The number of halogens is 2. The summed E-state index contributed by atoms with van der Waals surface area (Å²) in [5.74, 6) is -0.352. The second-order valence-corrected chi connectivity index (χ2v) is 5.76. The Labute approximate surface area is 132 Å². The van der Waals surface area contributed by atoms with E-state index in [1.807, 2.05) is 0 Å². The van der Waals surface area contributed by atoms with Gasteiger partial charge in [0.05, 0.1) is 6.54 Å². The van der Waals surface area contributed by atoms with Crippen molar-refractivity contribution in [2.75, 3.05) is 0 Å². The summed E-state index contributed by atoms with van der Waals surface area (Å²) in [6.07, 6.45) is 0. The average Bonchev–Trinajstić information content (AvgIpc) is 2.77. The number of nitrogens with one attached hydrogen (secondary N) is 1. The molecule has 0 radical (unpaired) electrons. The third kappa shape index (κ3) is 2.29. The van der Waals surface area contributed by atoms with Crippen LogP contribution in [-0.2, 0) is 13.6 Å². The van der Waals surface area contributed by atoms with Crippen molar-refractivity contribution in [2.24, 2.45) is 7.05 Å². The van der Waals surface area contributed by atoms with Gasteiger partial charge in [-0.15, -0.1) is 0 Å². The van der Waals surface area contributed by atoms with Crippen LogP contribution in [0.5, 0.6) is 0 Å². The molecule has 2 aromatic heterocycles. The molecule has 3 rings (SSSR count). The summed E-state index contributed by atoms with van der Waals surface area (Å²) < 4.78 is 17.2. The van der Waals surface area contributed by atoms with Crippen molar-refractivity contribution in [3.05, 3.63) is 60.7 Å². The molecule has 8 heteroatoms. The minimum absolute atomic E-state index is 0.129. The second-order valence-electron chi connectivity index (χ2n) is 5.05. The summed E-state index contributed by atoms with van der Waals surface area (Å²) >= 11 is 3.26. The lowest BCUT2D eigenvalue weighted by molar-refractivity contribution is 0.598. The van der Waals surface area contributed by atoms with Gasteiger partial charge in [0.1, 0.15) is 5.82 Å². The van der Waals surface area contributed by atoms with Crippen LogP contribution in [0.1, 0.15) is 11.1 Å². The molecule has 0 unspecified atom stereocenters. The third-order valence-electron chi connectivity index (χ3n) is 3.50. The van der Waals surface area contributed by atoms with Crippen LogP contribution in [0.4, 0.5) is 4.39 Å². The van der Waals surface area contributed by atoms with E-state index in [1.54, 1.807) is 19.1 Å². The lowest BCUT2D eigenvalue weighted by Crippen LogP contribution is -2.29. The Morgan fingerprint density at radius 1 is 1.36 bits per heavy atom. The number of hydrogen-bond donors (Lipinski definition) is 1. The van der Waals surface area contributed by atoms with Gasteiger partial charge in [0.15, 0.2) is 15.9 Å². The summed E-state index contributed by atoms with van der Waals surface area (Å²) in [6, 6.07) is 4.90. The third-order valence-corrected chi connectivity index (χ3v) is 4.10. The average molecular weight is 367 g/mol. The van der Waals surface area contributed by atoms with Crippen LogP contribution in [0.25, 0.3) is 11.2 Å². The monoisotopic (exact) mass is 366 g/mol. The largest absolute Gasteiger partial charge is 0.329 e. The van der Waals surface area contributed by atoms with Gasteiger partial charge in [0.2, 0.25) is 0 Å². The number of fused-ring (bicyclic) bond motifs is 1. The topological polar surface area (TPSA) is 72.7 Å². The fourth-order valence-corrected chi connectivity index (χ4v) is 2.77. The van der Waals surface area contributed by atoms with E-state index in [0.717, 1.165) is 5.56 Å². The molecule has 0 aliphatic rings. The molecule has 6 nitrogen and oxygen atoms in total. The lowest BCUT2D eigenvalue weighted by Gasteiger charge is -2.07. The number of aryl methyl sites for hydroxylation is 2. The van der Waals surface area contributed by atoms with Crippen LogP contribution in [-0.4, -0.2) is 19.1 Å². The van der Waals surface area contributed by atoms with E-state index >= 15 is 0 Å². The van der Waals surface area contributed by atoms with E-state index in [-0.39, 0.29) is 23.5 Å². The van der Waals surface area contributed by atoms with Crippen LogP contribution < -0.4 is 11.2 Å². The zero-order chi connectivity index (χ0) is 16.0. The summed E-state index contributed by atoms with van der Waals surface area (Å²) in [5.41, 5.74) is 0.608. The molecule has 0 saturated carbocycles. The molecule has 22 heavy (non-hydrogen) atoms. The Balaban J connectivity index is 2.23. The quantitative estimate of drug-likeness (QED) is 0.701. The van der Waals surface area contributed by atoms with Gasteiger partial charge < -0.3 is 4.57 Å².